The second kappa shape index (κ2) is 5.45. The van der Waals surface area contributed by atoms with Gasteiger partial charge >= 0.3 is 0 Å². The molecule has 0 unspecified atom stereocenters. The van der Waals surface area contributed by atoms with Crippen molar-refractivity contribution < 1.29 is 18.5 Å². The summed E-state index contributed by atoms with van der Waals surface area (Å²) in [5, 5.41) is 11.6. The lowest BCUT2D eigenvalue weighted by Crippen LogP contribution is -2.31. The molecule has 0 aliphatic carbocycles. The van der Waals surface area contributed by atoms with Crippen molar-refractivity contribution in [2.45, 2.75) is 38.9 Å². The molecule has 0 spiro atoms. The van der Waals surface area contributed by atoms with E-state index < -0.39 is 0 Å². The number of nitrogens with zero attached hydrogens (tertiary/aromatic N) is 4. The van der Waals surface area contributed by atoms with Crippen LogP contribution < -0.4 is 0 Å². The standard InChI is InChI=1S/C15H18N4O4/c1-8-3-12(23-18-8)15(20)19-6-10-4-11(22-13(10)7-19)5-14-17-16-9(2)21-14/h3,10-11,13H,4-7H2,1-2H3/t10-,11+,13+/m0/s1. The number of aromatic nitrogens is 3. The molecule has 4 rings (SSSR count). The summed E-state index contributed by atoms with van der Waals surface area (Å²) in [7, 11) is 0. The minimum absolute atomic E-state index is 0.0667. The zero-order chi connectivity index (χ0) is 16.0. The summed E-state index contributed by atoms with van der Waals surface area (Å²) < 4.78 is 16.5. The third-order valence-electron chi connectivity index (χ3n) is 4.41. The SMILES string of the molecule is Cc1cc(C(=O)N2C[C@@H]3C[C@H](Cc4nnc(C)o4)O[C@@H]3C2)on1. The molecular weight excluding hydrogens is 300 g/mol. The molecule has 4 heterocycles. The van der Waals surface area contributed by atoms with E-state index in [9.17, 15) is 4.79 Å². The Morgan fingerprint density at radius 3 is 2.87 bits per heavy atom. The van der Waals surface area contributed by atoms with Crippen LogP contribution in [-0.4, -0.2) is 51.5 Å². The van der Waals surface area contributed by atoms with Gasteiger partial charge in [0.2, 0.25) is 17.5 Å². The zero-order valence-corrected chi connectivity index (χ0v) is 13.1. The molecule has 8 heteroatoms. The number of likely N-dealkylation sites (tertiary alicyclic amines) is 1. The van der Waals surface area contributed by atoms with Crippen molar-refractivity contribution >= 4 is 5.91 Å². The Bertz CT molecular complexity index is 711. The van der Waals surface area contributed by atoms with Crippen LogP contribution >= 0.6 is 0 Å². The van der Waals surface area contributed by atoms with Gasteiger partial charge in [-0.25, -0.2) is 0 Å². The van der Waals surface area contributed by atoms with Gasteiger partial charge in [0.15, 0.2) is 0 Å². The topological polar surface area (TPSA) is 94.5 Å². The summed E-state index contributed by atoms with van der Waals surface area (Å²) >= 11 is 0. The smallest absolute Gasteiger partial charge is 0.292 e. The lowest BCUT2D eigenvalue weighted by Gasteiger charge is -2.17. The maximum absolute atomic E-state index is 12.4. The molecular formula is C15H18N4O4. The molecule has 2 aromatic heterocycles. The molecule has 23 heavy (non-hydrogen) atoms. The number of fused-ring (bicyclic) bond motifs is 1. The first kappa shape index (κ1) is 14.4. The van der Waals surface area contributed by atoms with Crippen molar-refractivity contribution in [3.8, 4) is 0 Å². The lowest BCUT2D eigenvalue weighted by molar-refractivity contribution is 0.0328. The van der Waals surface area contributed by atoms with Crippen LogP contribution in [0.25, 0.3) is 0 Å². The van der Waals surface area contributed by atoms with E-state index in [2.05, 4.69) is 15.4 Å². The molecule has 2 saturated heterocycles. The van der Waals surface area contributed by atoms with Crippen molar-refractivity contribution in [2.24, 2.45) is 5.92 Å². The van der Waals surface area contributed by atoms with E-state index in [4.69, 9.17) is 13.7 Å². The van der Waals surface area contributed by atoms with Crippen LogP contribution in [0.1, 0.15) is 34.5 Å². The van der Waals surface area contributed by atoms with E-state index in [1.165, 1.54) is 0 Å². The predicted molar refractivity (Wildman–Crippen MR) is 76.7 cm³/mol. The fourth-order valence-electron chi connectivity index (χ4n) is 3.39. The largest absolute Gasteiger partial charge is 0.426 e. The summed E-state index contributed by atoms with van der Waals surface area (Å²) in [5.41, 5.74) is 0.707. The highest BCUT2D eigenvalue weighted by atomic mass is 16.5. The molecule has 0 N–H and O–H groups in total. The minimum atomic E-state index is -0.118. The first-order valence-corrected chi connectivity index (χ1v) is 7.75. The normalized spacial score (nSPS) is 26.7. The van der Waals surface area contributed by atoms with Gasteiger partial charge in [0, 0.05) is 32.0 Å². The Morgan fingerprint density at radius 1 is 1.35 bits per heavy atom. The zero-order valence-electron chi connectivity index (χ0n) is 13.1. The number of ether oxygens (including phenoxy) is 1. The number of carbonyl (C=O) groups excluding carboxylic acids is 1. The van der Waals surface area contributed by atoms with E-state index in [0.717, 1.165) is 6.42 Å². The molecule has 0 aromatic carbocycles. The summed E-state index contributed by atoms with van der Waals surface area (Å²) in [6, 6.07) is 1.66. The average Bonchev–Trinajstić information content (AvgIpc) is 3.23. The highest BCUT2D eigenvalue weighted by molar-refractivity contribution is 5.91. The fraction of sp³-hybridized carbons (Fsp3) is 0.600. The molecule has 0 saturated carbocycles. The monoisotopic (exact) mass is 318 g/mol. The summed E-state index contributed by atoms with van der Waals surface area (Å²) in [6.45, 7) is 4.84. The maximum atomic E-state index is 12.4. The van der Waals surface area contributed by atoms with Crippen LogP contribution in [0.4, 0.5) is 0 Å². The van der Waals surface area contributed by atoms with Crippen molar-refractivity contribution in [2.75, 3.05) is 13.1 Å². The summed E-state index contributed by atoms with van der Waals surface area (Å²) in [5.74, 6) is 1.69. The number of hydrogen-bond acceptors (Lipinski definition) is 7. The first-order chi connectivity index (χ1) is 11.1. The third kappa shape index (κ3) is 2.74. The third-order valence-corrected chi connectivity index (χ3v) is 4.41. The van der Waals surface area contributed by atoms with E-state index in [0.29, 0.717) is 48.7 Å². The molecule has 2 aromatic rings. The summed E-state index contributed by atoms with van der Waals surface area (Å²) in [6.07, 6.45) is 1.67. The molecule has 3 atom stereocenters. The second-order valence-electron chi connectivity index (χ2n) is 6.25. The van der Waals surface area contributed by atoms with Gasteiger partial charge in [0.1, 0.15) is 0 Å². The van der Waals surface area contributed by atoms with Gasteiger partial charge in [-0.3, -0.25) is 4.79 Å². The molecule has 0 bridgehead atoms. The van der Waals surface area contributed by atoms with Crippen LogP contribution in [0.5, 0.6) is 0 Å². The van der Waals surface area contributed by atoms with Gasteiger partial charge in [0.25, 0.3) is 5.91 Å². The van der Waals surface area contributed by atoms with E-state index >= 15 is 0 Å². The quantitative estimate of drug-likeness (QED) is 0.837. The average molecular weight is 318 g/mol. The number of hydrogen-bond donors (Lipinski definition) is 0. The Labute approximate surface area is 132 Å². The van der Waals surface area contributed by atoms with Crippen molar-refractivity contribution in [3.63, 3.8) is 0 Å². The van der Waals surface area contributed by atoms with Crippen molar-refractivity contribution in [1.29, 1.82) is 0 Å². The Balaban J connectivity index is 1.35. The van der Waals surface area contributed by atoms with Gasteiger partial charge in [0.05, 0.1) is 24.3 Å². The minimum Gasteiger partial charge on any atom is -0.426 e. The van der Waals surface area contributed by atoms with Crippen LogP contribution in [-0.2, 0) is 11.2 Å². The van der Waals surface area contributed by atoms with E-state index in [-0.39, 0.29) is 18.1 Å². The van der Waals surface area contributed by atoms with Crippen LogP contribution in [0, 0.1) is 19.8 Å². The Morgan fingerprint density at radius 2 is 2.22 bits per heavy atom. The number of rotatable bonds is 3. The van der Waals surface area contributed by atoms with Gasteiger partial charge in [-0.15, -0.1) is 10.2 Å². The molecule has 0 radical (unpaired) electrons. The van der Waals surface area contributed by atoms with Gasteiger partial charge < -0.3 is 18.6 Å². The van der Waals surface area contributed by atoms with Gasteiger partial charge in [-0.1, -0.05) is 5.16 Å². The van der Waals surface area contributed by atoms with Crippen LogP contribution in [0.2, 0.25) is 0 Å². The highest BCUT2D eigenvalue weighted by Gasteiger charge is 2.44. The molecule has 2 fully saturated rings. The summed E-state index contributed by atoms with van der Waals surface area (Å²) in [4.78, 5) is 14.2. The molecule has 2 aliphatic heterocycles. The molecule has 2 aliphatic rings. The lowest BCUT2D eigenvalue weighted by atomic mass is 10.0. The molecule has 8 nitrogen and oxygen atoms in total. The van der Waals surface area contributed by atoms with Crippen molar-refractivity contribution in [1.82, 2.24) is 20.3 Å². The number of amides is 1. The van der Waals surface area contributed by atoms with Crippen LogP contribution in [0.3, 0.4) is 0 Å². The predicted octanol–water partition coefficient (Wildman–Crippen LogP) is 1.15. The molecule has 122 valence electrons. The van der Waals surface area contributed by atoms with Crippen molar-refractivity contribution in [3.05, 3.63) is 29.3 Å². The van der Waals surface area contributed by atoms with Crippen LogP contribution in [0.15, 0.2) is 15.0 Å². The fourth-order valence-corrected chi connectivity index (χ4v) is 3.39. The maximum Gasteiger partial charge on any atom is 0.292 e. The number of aryl methyl sites for hydroxylation is 2. The van der Waals surface area contributed by atoms with E-state index in [1.54, 1.807) is 24.8 Å². The van der Waals surface area contributed by atoms with E-state index in [1.807, 2.05) is 0 Å². The van der Waals surface area contributed by atoms with Gasteiger partial charge in [-0.2, -0.15) is 0 Å². The molecule has 1 amide bonds. The van der Waals surface area contributed by atoms with Gasteiger partial charge in [-0.05, 0) is 13.3 Å². The first-order valence-electron chi connectivity index (χ1n) is 7.75. The highest BCUT2D eigenvalue weighted by Crippen LogP contribution is 2.34. The Hall–Kier alpha value is -2.22. The Kier molecular flexibility index (Phi) is 3.41. The number of carbonyl (C=O) groups is 1. The second-order valence-corrected chi connectivity index (χ2v) is 6.25.